The Balaban J connectivity index is 5.78. The van der Waals surface area contributed by atoms with Gasteiger partial charge in [0.2, 0.25) is 0 Å². The molecule has 0 spiro atoms. The van der Waals surface area contributed by atoms with Gasteiger partial charge in [-0.25, -0.2) is 0 Å². The molecular formula is C7H5F11O. The molecule has 1 unspecified atom stereocenters. The Morgan fingerprint density at radius 2 is 1.00 bits per heavy atom. The zero-order chi connectivity index (χ0) is 16.1. The standard InChI is InChI=1S/C7H5F11O/c1-2(4(10,11)12)3(8,9)5(13,14)6(15,16)7(17,18)19/h2,19H,1H3. The lowest BCUT2D eigenvalue weighted by Gasteiger charge is -2.37. The molecule has 0 amide bonds. The Labute approximate surface area is 97.5 Å². The van der Waals surface area contributed by atoms with Crippen LogP contribution in [-0.4, -0.2) is 35.2 Å². The lowest BCUT2D eigenvalue weighted by atomic mass is 9.92. The highest BCUT2D eigenvalue weighted by atomic mass is 19.4. The molecule has 0 aromatic heterocycles. The number of aliphatic hydroxyl groups is 1. The van der Waals surface area contributed by atoms with Gasteiger partial charge in [0, 0.05) is 0 Å². The number of hydrogen-bond donors (Lipinski definition) is 1. The molecule has 0 aliphatic heterocycles. The van der Waals surface area contributed by atoms with Crippen molar-refractivity contribution in [2.45, 2.75) is 37.0 Å². The molecule has 0 aliphatic carbocycles. The summed E-state index contributed by atoms with van der Waals surface area (Å²) in [4.78, 5) is 0. The molecule has 0 aromatic rings. The van der Waals surface area contributed by atoms with E-state index in [-0.39, 0.29) is 0 Å². The predicted molar refractivity (Wildman–Crippen MR) is 37.2 cm³/mol. The van der Waals surface area contributed by atoms with Crippen molar-refractivity contribution in [2.24, 2.45) is 5.92 Å². The van der Waals surface area contributed by atoms with Gasteiger partial charge in [0.05, 0.1) is 0 Å². The Morgan fingerprint density at radius 1 is 0.684 bits per heavy atom. The van der Waals surface area contributed by atoms with Gasteiger partial charge in [0.25, 0.3) is 0 Å². The van der Waals surface area contributed by atoms with Gasteiger partial charge in [0.15, 0.2) is 0 Å². The van der Waals surface area contributed by atoms with Crippen LogP contribution in [0.15, 0.2) is 0 Å². The zero-order valence-electron chi connectivity index (χ0n) is 8.68. The quantitative estimate of drug-likeness (QED) is 0.785. The minimum Gasteiger partial charge on any atom is -0.331 e. The highest BCUT2D eigenvalue weighted by Gasteiger charge is 2.83. The summed E-state index contributed by atoms with van der Waals surface area (Å²) in [5, 5.41) is 7.45. The van der Waals surface area contributed by atoms with Crippen molar-refractivity contribution in [3.8, 4) is 0 Å². The zero-order valence-corrected chi connectivity index (χ0v) is 8.68. The molecule has 1 atom stereocenters. The molecule has 1 N–H and O–H groups in total. The summed E-state index contributed by atoms with van der Waals surface area (Å²) < 4.78 is 135. The normalized spacial score (nSPS) is 17.5. The Morgan fingerprint density at radius 3 is 1.21 bits per heavy atom. The van der Waals surface area contributed by atoms with Crippen LogP contribution in [0.2, 0.25) is 0 Å². The van der Waals surface area contributed by atoms with E-state index in [1.165, 1.54) is 0 Å². The lowest BCUT2D eigenvalue weighted by molar-refractivity contribution is -0.430. The van der Waals surface area contributed by atoms with E-state index < -0.39 is 42.9 Å². The molecule has 1 nitrogen and oxygen atoms in total. The molecule has 12 heteroatoms. The average molecular weight is 314 g/mol. The van der Waals surface area contributed by atoms with E-state index in [0.29, 0.717) is 0 Å². The summed E-state index contributed by atoms with van der Waals surface area (Å²) in [6.07, 6.45) is -12.7. The fourth-order valence-electron chi connectivity index (χ4n) is 0.876. The van der Waals surface area contributed by atoms with Gasteiger partial charge in [0.1, 0.15) is 5.92 Å². The Bertz CT molecular complexity index is 325. The molecule has 0 bridgehead atoms. The third kappa shape index (κ3) is 2.72. The predicted octanol–water partition coefficient (Wildman–Crippen LogP) is 3.68. The van der Waals surface area contributed by atoms with E-state index in [0.717, 1.165) is 0 Å². The first-order valence-corrected chi connectivity index (χ1v) is 4.21. The first-order chi connectivity index (χ1) is 7.90. The van der Waals surface area contributed by atoms with Gasteiger partial charge in [-0.05, 0) is 6.92 Å². The average Bonchev–Trinajstić information content (AvgIpc) is 2.12. The maximum absolute atomic E-state index is 12.7. The van der Waals surface area contributed by atoms with Crippen LogP contribution in [0.3, 0.4) is 0 Å². The molecule has 0 heterocycles. The van der Waals surface area contributed by atoms with Crippen molar-refractivity contribution >= 4 is 0 Å². The van der Waals surface area contributed by atoms with Crippen molar-refractivity contribution in [3.05, 3.63) is 0 Å². The highest BCUT2D eigenvalue weighted by Crippen LogP contribution is 2.56. The van der Waals surface area contributed by atoms with E-state index in [1.807, 2.05) is 0 Å². The molecule has 19 heavy (non-hydrogen) atoms. The first kappa shape index (κ1) is 18.2. The highest BCUT2D eigenvalue weighted by molar-refractivity contribution is 5.03. The largest absolute Gasteiger partial charge is 0.423 e. The van der Waals surface area contributed by atoms with Crippen LogP contribution < -0.4 is 0 Å². The van der Waals surface area contributed by atoms with E-state index in [1.54, 1.807) is 0 Å². The summed E-state index contributed by atoms with van der Waals surface area (Å²) in [5.74, 6) is -25.1. The molecule has 0 aliphatic rings. The van der Waals surface area contributed by atoms with Crippen LogP contribution in [0.1, 0.15) is 6.92 Å². The minimum absolute atomic E-state index is 0.584. The molecule has 116 valence electrons. The van der Waals surface area contributed by atoms with E-state index >= 15 is 0 Å². The molecule has 0 saturated carbocycles. The fourth-order valence-corrected chi connectivity index (χ4v) is 0.876. The monoisotopic (exact) mass is 314 g/mol. The van der Waals surface area contributed by atoms with Crippen molar-refractivity contribution in [3.63, 3.8) is 0 Å². The summed E-state index contributed by atoms with van der Waals surface area (Å²) in [7, 11) is 0. The van der Waals surface area contributed by atoms with Crippen LogP contribution in [-0.2, 0) is 0 Å². The van der Waals surface area contributed by atoms with Gasteiger partial charge < -0.3 is 5.11 Å². The number of rotatable bonds is 4. The molecular weight excluding hydrogens is 309 g/mol. The molecule has 0 fully saturated rings. The fraction of sp³-hybridized carbons (Fsp3) is 1.00. The van der Waals surface area contributed by atoms with Crippen molar-refractivity contribution < 1.29 is 53.4 Å². The summed E-state index contributed by atoms with van der Waals surface area (Å²) in [6, 6.07) is 0. The maximum atomic E-state index is 12.7. The summed E-state index contributed by atoms with van der Waals surface area (Å²) >= 11 is 0. The van der Waals surface area contributed by atoms with Gasteiger partial charge in [-0.1, -0.05) is 0 Å². The second-order valence-electron chi connectivity index (χ2n) is 3.58. The Hall–Kier alpha value is -0.810. The number of alkyl halides is 11. The van der Waals surface area contributed by atoms with E-state index in [4.69, 9.17) is 5.11 Å². The SMILES string of the molecule is CC(C(F)(F)F)C(F)(F)C(F)(F)C(F)(F)C(O)(F)F. The van der Waals surface area contributed by atoms with Crippen molar-refractivity contribution in [1.29, 1.82) is 0 Å². The third-order valence-corrected chi connectivity index (χ3v) is 2.23. The van der Waals surface area contributed by atoms with Crippen LogP contribution in [0.4, 0.5) is 48.3 Å². The maximum Gasteiger partial charge on any atom is 0.423 e. The van der Waals surface area contributed by atoms with Gasteiger partial charge in [-0.3, -0.25) is 0 Å². The second-order valence-corrected chi connectivity index (χ2v) is 3.58. The van der Waals surface area contributed by atoms with Crippen LogP contribution >= 0.6 is 0 Å². The summed E-state index contributed by atoms with van der Waals surface area (Å²) in [6.45, 7) is -0.584. The van der Waals surface area contributed by atoms with Crippen LogP contribution in [0.25, 0.3) is 0 Å². The topological polar surface area (TPSA) is 20.2 Å². The number of hydrogen-bond acceptors (Lipinski definition) is 1. The number of halogens is 11. The van der Waals surface area contributed by atoms with Crippen LogP contribution in [0, 0.1) is 5.92 Å². The molecule has 0 aromatic carbocycles. The molecule has 0 saturated heterocycles. The lowest BCUT2D eigenvalue weighted by Crippen LogP contribution is -2.65. The molecule has 0 rings (SSSR count). The van der Waals surface area contributed by atoms with E-state index in [9.17, 15) is 48.3 Å². The van der Waals surface area contributed by atoms with Gasteiger partial charge >= 0.3 is 30.1 Å². The van der Waals surface area contributed by atoms with Crippen molar-refractivity contribution in [1.82, 2.24) is 0 Å². The smallest absolute Gasteiger partial charge is 0.331 e. The second kappa shape index (κ2) is 4.35. The van der Waals surface area contributed by atoms with Gasteiger partial charge in [-0.2, -0.15) is 48.3 Å². The first-order valence-electron chi connectivity index (χ1n) is 4.21. The Kier molecular flexibility index (Phi) is 4.16. The third-order valence-electron chi connectivity index (χ3n) is 2.23. The molecule has 0 radical (unpaired) electrons. The van der Waals surface area contributed by atoms with Gasteiger partial charge in [-0.15, -0.1) is 0 Å². The van der Waals surface area contributed by atoms with Crippen molar-refractivity contribution in [2.75, 3.05) is 0 Å². The van der Waals surface area contributed by atoms with E-state index in [2.05, 4.69) is 0 Å². The van der Waals surface area contributed by atoms with Crippen LogP contribution in [0.5, 0.6) is 0 Å². The minimum atomic E-state index is -7.13. The summed E-state index contributed by atoms with van der Waals surface area (Å²) in [5.41, 5.74) is 0.